The van der Waals surface area contributed by atoms with Crippen LogP contribution in [-0.4, -0.2) is 51.8 Å². The van der Waals surface area contributed by atoms with Gasteiger partial charge in [-0.1, -0.05) is 12.8 Å². The van der Waals surface area contributed by atoms with E-state index in [9.17, 15) is 4.79 Å². The summed E-state index contributed by atoms with van der Waals surface area (Å²) in [5, 5.41) is 10.8. The zero-order valence-corrected chi connectivity index (χ0v) is 11.8. The number of nitrogens with one attached hydrogen (secondary N) is 1. The average Bonchev–Trinajstić information content (AvgIpc) is 2.67. The first-order valence-corrected chi connectivity index (χ1v) is 6.99. The number of carbonyl (C=O) groups excluding carboxylic acids is 1. The van der Waals surface area contributed by atoms with Crippen LogP contribution in [0.3, 0.4) is 0 Å². The lowest BCUT2D eigenvalue weighted by atomic mass is 10.1. The second kappa shape index (κ2) is 6.65. The molecule has 0 aromatic carbocycles. The van der Waals surface area contributed by atoms with Crippen molar-refractivity contribution in [2.45, 2.75) is 38.1 Å². The minimum atomic E-state index is 0.0296. The Hall–Kier alpha value is -1.43. The fourth-order valence-electron chi connectivity index (χ4n) is 2.53. The third kappa shape index (κ3) is 3.76. The lowest BCUT2D eigenvalue weighted by molar-refractivity contribution is -0.126. The van der Waals surface area contributed by atoms with E-state index < -0.39 is 0 Å². The number of likely N-dealkylation sites (tertiary alicyclic amines) is 1. The molecule has 6 heteroatoms. The maximum absolute atomic E-state index is 12.2. The Labute approximate surface area is 114 Å². The SMILES string of the molecule is CN1CCCCC[C@H]1C(=O)NCCc1nncn1C. The molecule has 0 spiro atoms. The molecule has 1 N–H and O–H groups in total. The minimum Gasteiger partial charge on any atom is -0.354 e. The van der Waals surface area contributed by atoms with E-state index >= 15 is 0 Å². The van der Waals surface area contributed by atoms with Crippen molar-refractivity contribution in [1.82, 2.24) is 25.0 Å². The zero-order chi connectivity index (χ0) is 13.7. The summed E-state index contributed by atoms with van der Waals surface area (Å²) in [6.07, 6.45) is 6.93. The summed E-state index contributed by atoms with van der Waals surface area (Å²) in [6, 6.07) is 0.0296. The van der Waals surface area contributed by atoms with Gasteiger partial charge in [-0.3, -0.25) is 9.69 Å². The van der Waals surface area contributed by atoms with Crippen molar-refractivity contribution in [2.24, 2.45) is 7.05 Å². The monoisotopic (exact) mass is 265 g/mol. The first-order valence-electron chi connectivity index (χ1n) is 6.99. The normalized spacial score (nSPS) is 21.1. The van der Waals surface area contributed by atoms with Crippen molar-refractivity contribution in [3.8, 4) is 0 Å². The maximum atomic E-state index is 12.2. The molecule has 2 rings (SSSR count). The Morgan fingerprint density at radius 1 is 1.42 bits per heavy atom. The first kappa shape index (κ1) is 14.0. The van der Waals surface area contributed by atoms with E-state index in [0.717, 1.165) is 31.6 Å². The van der Waals surface area contributed by atoms with Gasteiger partial charge in [-0.15, -0.1) is 10.2 Å². The molecule has 106 valence electrons. The van der Waals surface area contributed by atoms with Crippen LogP contribution in [0.5, 0.6) is 0 Å². The maximum Gasteiger partial charge on any atom is 0.237 e. The molecule has 1 aromatic heterocycles. The van der Waals surface area contributed by atoms with Gasteiger partial charge in [0.25, 0.3) is 0 Å². The molecule has 1 aliphatic heterocycles. The first-order chi connectivity index (χ1) is 9.18. The Morgan fingerprint density at radius 3 is 3.00 bits per heavy atom. The molecule has 1 aliphatic rings. The molecular weight excluding hydrogens is 242 g/mol. The number of hydrogen-bond acceptors (Lipinski definition) is 4. The summed E-state index contributed by atoms with van der Waals surface area (Å²) in [5.74, 6) is 1.04. The van der Waals surface area contributed by atoms with Gasteiger partial charge in [-0.2, -0.15) is 0 Å². The van der Waals surface area contributed by atoms with Gasteiger partial charge >= 0.3 is 0 Å². The van der Waals surface area contributed by atoms with E-state index in [1.54, 1.807) is 6.33 Å². The Balaban J connectivity index is 1.78. The van der Waals surface area contributed by atoms with Gasteiger partial charge in [-0.05, 0) is 26.4 Å². The minimum absolute atomic E-state index is 0.0296. The molecule has 0 aliphatic carbocycles. The van der Waals surface area contributed by atoms with Gasteiger partial charge in [0.15, 0.2) is 0 Å². The van der Waals surface area contributed by atoms with E-state index in [0.29, 0.717) is 6.54 Å². The highest BCUT2D eigenvalue weighted by molar-refractivity contribution is 5.81. The van der Waals surface area contributed by atoms with Gasteiger partial charge in [-0.25, -0.2) is 0 Å². The summed E-state index contributed by atoms with van der Waals surface area (Å²) in [4.78, 5) is 14.4. The standard InChI is InChI=1S/C13H23N5O/c1-17-9-5-3-4-6-11(17)13(19)14-8-7-12-16-15-10-18(12)2/h10-11H,3-9H2,1-2H3,(H,14,19)/t11-/m0/s1. The number of hydrogen-bond donors (Lipinski definition) is 1. The molecule has 0 unspecified atom stereocenters. The highest BCUT2D eigenvalue weighted by Gasteiger charge is 2.24. The van der Waals surface area contributed by atoms with E-state index in [-0.39, 0.29) is 11.9 Å². The fourth-order valence-corrected chi connectivity index (χ4v) is 2.53. The zero-order valence-electron chi connectivity index (χ0n) is 11.8. The second-order valence-corrected chi connectivity index (χ2v) is 5.24. The third-order valence-electron chi connectivity index (χ3n) is 3.78. The van der Waals surface area contributed by atoms with Crippen LogP contribution in [0.25, 0.3) is 0 Å². The van der Waals surface area contributed by atoms with Gasteiger partial charge < -0.3 is 9.88 Å². The molecule has 1 aromatic rings. The number of likely N-dealkylation sites (N-methyl/N-ethyl adjacent to an activating group) is 1. The molecule has 2 heterocycles. The number of amides is 1. The van der Waals surface area contributed by atoms with Crippen LogP contribution in [0.1, 0.15) is 31.5 Å². The molecular formula is C13H23N5O. The van der Waals surface area contributed by atoms with Crippen molar-refractivity contribution in [2.75, 3.05) is 20.1 Å². The van der Waals surface area contributed by atoms with Crippen LogP contribution < -0.4 is 5.32 Å². The Bertz CT molecular complexity index is 417. The summed E-state index contributed by atoms with van der Waals surface area (Å²) in [6.45, 7) is 1.64. The van der Waals surface area contributed by atoms with Crippen LogP contribution in [-0.2, 0) is 18.3 Å². The van der Waals surface area contributed by atoms with Crippen molar-refractivity contribution < 1.29 is 4.79 Å². The summed E-state index contributed by atoms with van der Waals surface area (Å²) in [5.41, 5.74) is 0. The highest BCUT2D eigenvalue weighted by Crippen LogP contribution is 2.15. The number of nitrogens with zero attached hydrogens (tertiary/aromatic N) is 4. The molecule has 6 nitrogen and oxygen atoms in total. The molecule has 1 amide bonds. The second-order valence-electron chi connectivity index (χ2n) is 5.24. The lowest BCUT2D eigenvalue weighted by Gasteiger charge is -2.24. The van der Waals surface area contributed by atoms with Gasteiger partial charge in [0.2, 0.25) is 5.91 Å². The van der Waals surface area contributed by atoms with Crippen LogP contribution in [0.2, 0.25) is 0 Å². The third-order valence-corrected chi connectivity index (χ3v) is 3.78. The summed E-state index contributed by atoms with van der Waals surface area (Å²) >= 11 is 0. The fraction of sp³-hybridized carbons (Fsp3) is 0.769. The van der Waals surface area contributed by atoms with E-state index in [1.165, 1.54) is 12.8 Å². The van der Waals surface area contributed by atoms with Crippen LogP contribution in [0.15, 0.2) is 6.33 Å². The Kier molecular flexibility index (Phi) is 4.90. The Morgan fingerprint density at radius 2 is 2.26 bits per heavy atom. The molecule has 0 radical (unpaired) electrons. The average molecular weight is 265 g/mol. The molecule has 19 heavy (non-hydrogen) atoms. The molecule has 0 saturated carbocycles. The topological polar surface area (TPSA) is 63.1 Å². The number of carbonyl (C=O) groups is 1. The molecule has 0 bridgehead atoms. The van der Waals surface area contributed by atoms with Crippen LogP contribution in [0, 0.1) is 0 Å². The van der Waals surface area contributed by atoms with Gasteiger partial charge in [0.05, 0.1) is 6.04 Å². The predicted octanol–water partition coefficient (Wildman–Crippen LogP) is 0.348. The summed E-state index contributed by atoms with van der Waals surface area (Å²) < 4.78 is 1.88. The van der Waals surface area contributed by atoms with Crippen LogP contribution in [0.4, 0.5) is 0 Å². The van der Waals surface area contributed by atoms with Crippen molar-refractivity contribution >= 4 is 5.91 Å². The largest absolute Gasteiger partial charge is 0.354 e. The van der Waals surface area contributed by atoms with Crippen LogP contribution >= 0.6 is 0 Å². The number of aromatic nitrogens is 3. The smallest absolute Gasteiger partial charge is 0.237 e. The van der Waals surface area contributed by atoms with Gasteiger partial charge in [0, 0.05) is 20.0 Å². The number of aryl methyl sites for hydroxylation is 1. The molecule has 1 fully saturated rings. The van der Waals surface area contributed by atoms with Crippen molar-refractivity contribution in [1.29, 1.82) is 0 Å². The van der Waals surface area contributed by atoms with E-state index in [1.807, 2.05) is 18.7 Å². The lowest BCUT2D eigenvalue weighted by Crippen LogP contribution is -2.45. The van der Waals surface area contributed by atoms with Crippen molar-refractivity contribution in [3.63, 3.8) is 0 Å². The van der Waals surface area contributed by atoms with E-state index in [2.05, 4.69) is 20.4 Å². The van der Waals surface area contributed by atoms with Crippen molar-refractivity contribution in [3.05, 3.63) is 12.2 Å². The van der Waals surface area contributed by atoms with Gasteiger partial charge in [0.1, 0.15) is 12.2 Å². The number of rotatable bonds is 4. The quantitative estimate of drug-likeness (QED) is 0.853. The summed E-state index contributed by atoms with van der Waals surface area (Å²) in [7, 11) is 3.95. The highest BCUT2D eigenvalue weighted by atomic mass is 16.2. The molecule has 1 saturated heterocycles. The molecule has 1 atom stereocenters. The van der Waals surface area contributed by atoms with E-state index in [4.69, 9.17) is 0 Å². The predicted molar refractivity (Wildman–Crippen MR) is 72.6 cm³/mol.